The van der Waals surface area contributed by atoms with Crippen LogP contribution in [-0.2, 0) is 0 Å². The second-order valence-electron chi connectivity index (χ2n) is 6.15. The quantitative estimate of drug-likeness (QED) is 0.411. The molecule has 0 unspecified atom stereocenters. The van der Waals surface area contributed by atoms with E-state index in [9.17, 15) is 4.79 Å². The van der Waals surface area contributed by atoms with Crippen LogP contribution in [0.25, 0.3) is 0 Å². The Morgan fingerprint density at radius 2 is 1.88 bits per heavy atom. The van der Waals surface area contributed by atoms with E-state index in [2.05, 4.69) is 41.6 Å². The van der Waals surface area contributed by atoms with Gasteiger partial charge in [-0.3, -0.25) is 9.79 Å². The summed E-state index contributed by atoms with van der Waals surface area (Å²) in [4.78, 5) is 16.2. The third kappa shape index (κ3) is 6.30. The number of anilines is 1. The summed E-state index contributed by atoms with van der Waals surface area (Å²) in [7, 11) is 0. The largest absolute Gasteiger partial charge is 0.370 e. The summed E-state index contributed by atoms with van der Waals surface area (Å²) in [6.45, 7) is 5.42. The van der Waals surface area contributed by atoms with Crippen LogP contribution in [0.4, 0.5) is 5.69 Å². The van der Waals surface area contributed by atoms with E-state index in [0.717, 1.165) is 12.1 Å². The fourth-order valence-electron chi connectivity index (χ4n) is 2.34. The van der Waals surface area contributed by atoms with Crippen LogP contribution in [0.1, 0.15) is 42.1 Å². The number of nitrogens with one attached hydrogen (secondary N) is 2. The number of aliphatic imine (C=N–C) groups is 1. The molecule has 0 aromatic heterocycles. The zero-order valence-corrected chi connectivity index (χ0v) is 14.8. The topological polar surface area (TPSA) is 79.5 Å². The van der Waals surface area contributed by atoms with Gasteiger partial charge >= 0.3 is 0 Å². The summed E-state index contributed by atoms with van der Waals surface area (Å²) in [5, 5.41) is 5.98. The van der Waals surface area contributed by atoms with Gasteiger partial charge in [-0.05, 0) is 42.2 Å². The number of amides is 1. The SMILES string of the molecule is CC(C)c1cccc(NC(N)=NCCCNC(=O)c2ccccc2)c1. The van der Waals surface area contributed by atoms with Gasteiger partial charge in [0, 0.05) is 24.3 Å². The molecule has 5 nitrogen and oxygen atoms in total. The molecule has 2 rings (SSSR count). The molecule has 4 N–H and O–H groups in total. The van der Waals surface area contributed by atoms with Crippen molar-refractivity contribution in [1.82, 2.24) is 5.32 Å². The van der Waals surface area contributed by atoms with Crippen molar-refractivity contribution in [2.24, 2.45) is 10.7 Å². The van der Waals surface area contributed by atoms with Gasteiger partial charge in [0.15, 0.2) is 5.96 Å². The molecule has 132 valence electrons. The third-order valence-electron chi connectivity index (χ3n) is 3.76. The van der Waals surface area contributed by atoms with Crippen molar-refractivity contribution < 1.29 is 4.79 Å². The van der Waals surface area contributed by atoms with Gasteiger partial charge < -0.3 is 16.4 Å². The number of nitrogens with zero attached hydrogens (tertiary/aromatic N) is 1. The van der Waals surface area contributed by atoms with Crippen LogP contribution < -0.4 is 16.4 Å². The Balaban J connectivity index is 1.73. The monoisotopic (exact) mass is 338 g/mol. The minimum absolute atomic E-state index is 0.0684. The number of hydrogen-bond donors (Lipinski definition) is 3. The molecule has 0 aliphatic rings. The third-order valence-corrected chi connectivity index (χ3v) is 3.76. The van der Waals surface area contributed by atoms with Gasteiger partial charge in [0.25, 0.3) is 5.91 Å². The number of nitrogens with two attached hydrogens (primary N) is 1. The molecule has 0 radical (unpaired) electrons. The first-order chi connectivity index (χ1) is 12.1. The molecule has 2 aromatic rings. The van der Waals surface area contributed by atoms with E-state index in [4.69, 9.17) is 5.73 Å². The van der Waals surface area contributed by atoms with Gasteiger partial charge in [0.1, 0.15) is 0 Å². The van der Waals surface area contributed by atoms with E-state index in [1.807, 2.05) is 30.3 Å². The van der Waals surface area contributed by atoms with E-state index in [1.165, 1.54) is 5.56 Å². The fourth-order valence-corrected chi connectivity index (χ4v) is 2.34. The van der Waals surface area contributed by atoms with Crippen molar-refractivity contribution in [3.05, 3.63) is 65.7 Å². The van der Waals surface area contributed by atoms with Gasteiger partial charge in [-0.25, -0.2) is 0 Å². The zero-order valence-electron chi connectivity index (χ0n) is 14.8. The zero-order chi connectivity index (χ0) is 18.1. The smallest absolute Gasteiger partial charge is 0.251 e. The van der Waals surface area contributed by atoms with Gasteiger partial charge in [-0.15, -0.1) is 0 Å². The van der Waals surface area contributed by atoms with Crippen molar-refractivity contribution in [2.45, 2.75) is 26.2 Å². The lowest BCUT2D eigenvalue weighted by Crippen LogP contribution is -2.26. The predicted molar refractivity (Wildman–Crippen MR) is 104 cm³/mol. The van der Waals surface area contributed by atoms with Crippen LogP contribution in [-0.4, -0.2) is 25.0 Å². The standard InChI is InChI=1S/C20H26N4O/c1-15(2)17-10-6-11-18(14-17)24-20(21)23-13-7-12-22-19(25)16-8-4-3-5-9-16/h3-6,8-11,14-15H,7,12-13H2,1-2H3,(H,22,25)(H3,21,23,24). The lowest BCUT2D eigenvalue weighted by atomic mass is 10.0. The average molecular weight is 338 g/mol. The predicted octanol–water partition coefficient (Wildman–Crippen LogP) is 3.36. The molecule has 25 heavy (non-hydrogen) atoms. The van der Waals surface area contributed by atoms with E-state index < -0.39 is 0 Å². The van der Waals surface area contributed by atoms with Gasteiger partial charge in [0.05, 0.1) is 0 Å². The first kappa shape index (κ1) is 18.5. The molecule has 0 saturated heterocycles. The molecule has 2 aromatic carbocycles. The Kier molecular flexibility index (Phi) is 7.01. The maximum Gasteiger partial charge on any atom is 0.251 e. The minimum Gasteiger partial charge on any atom is -0.370 e. The molecule has 5 heteroatoms. The molecular weight excluding hydrogens is 312 g/mol. The second-order valence-corrected chi connectivity index (χ2v) is 6.15. The van der Waals surface area contributed by atoms with E-state index in [-0.39, 0.29) is 5.91 Å². The van der Waals surface area contributed by atoms with Crippen LogP contribution in [0.15, 0.2) is 59.6 Å². The van der Waals surface area contributed by atoms with E-state index >= 15 is 0 Å². The lowest BCUT2D eigenvalue weighted by Gasteiger charge is -2.10. The Morgan fingerprint density at radius 1 is 1.12 bits per heavy atom. The van der Waals surface area contributed by atoms with Crippen LogP contribution in [0, 0.1) is 0 Å². The highest BCUT2D eigenvalue weighted by Crippen LogP contribution is 2.18. The molecule has 1 amide bonds. The first-order valence-electron chi connectivity index (χ1n) is 8.56. The molecule has 0 bridgehead atoms. The maximum absolute atomic E-state index is 11.9. The summed E-state index contributed by atoms with van der Waals surface area (Å²) in [5.41, 5.74) is 8.77. The number of guanidine groups is 1. The summed E-state index contributed by atoms with van der Waals surface area (Å²) in [6, 6.07) is 17.3. The van der Waals surface area contributed by atoms with Crippen molar-refractivity contribution in [1.29, 1.82) is 0 Å². The molecule has 0 aliphatic carbocycles. The summed E-state index contributed by atoms with van der Waals surface area (Å²) >= 11 is 0. The first-order valence-corrected chi connectivity index (χ1v) is 8.56. The number of hydrogen-bond acceptors (Lipinski definition) is 2. The summed E-state index contributed by atoms with van der Waals surface area (Å²) in [6.07, 6.45) is 0.729. The molecule has 0 aliphatic heterocycles. The summed E-state index contributed by atoms with van der Waals surface area (Å²) in [5.74, 6) is 0.782. The van der Waals surface area contributed by atoms with Crippen molar-refractivity contribution >= 4 is 17.6 Å². The number of benzene rings is 2. The number of carbonyl (C=O) groups is 1. The molecule has 0 atom stereocenters. The Hall–Kier alpha value is -2.82. The fraction of sp³-hybridized carbons (Fsp3) is 0.300. The highest BCUT2D eigenvalue weighted by atomic mass is 16.1. The van der Waals surface area contributed by atoms with Gasteiger partial charge in [-0.2, -0.15) is 0 Å². The van der Waals surface area contributed by atoms with Crippen LogP contribution in [0.5, 0.6) is 0 Å². The highest BCUT2D eigenvalue weighted by molar-refractivity contribution is 5.94. The van der Waals surface area contributed by atoms with E-state index in [0.29, 0.717) is 30.5 Å². The highest BCUT2D eigenvalue weighted by Gasteiger charge is 2.03. The molecular formula is C20H26N4O. The maximum atomic E-state index is 11.9. The molecule has 0 heterocycles. The molecule has 0 saturated carbocycles. The Morgan fingerprint density at radius 3 is 2.60 bits per heavy atom. The molecule has 0 spiro atoms. The average Bonchev–Trinajstić information content (AvgIpc) is 2.62. The van der Waals surface area contributed by atoms with Gasteiger partial charge in [-0.1, -0.05) is 44.2 Å². The van der Waals surface area contributed by atoms with Crippen molar-refractivity contribution in [3.63, 3.8) is 0 Å². The summed E-state index contributed by atoms with van der Waals surface area (Å²) < 4.78 is 0. The second kappa shape index (κ2) is 9.47. The Bertz CT molecular complexity index is 711. The number of rotatable bonds is 7. The van der Waals surface area contributed by atoms with Crippen molar-refractivity contribution in [2.75, 3.05) is 18.4 Å². The van der Waals surface area contributed by atoms with Crippen molar-refractivity contribution in [3.8, 4) is 0 Å². The lowest BCUT2D eigenvalue weighted by molar-refractivity contribution is 0.0953. The van der Waals surface area contributed by atoms with Crippen LogP contribution in [0.2, 0.25) is 0 Å². The van der Waals surface area contributed by atoms with Crippen LogP contribution in [0.3, 0.4) is 0 Å². The Labute approximate surface area is 149 Å². The number of carbonyl (C=O) groups excluding carboxylic acids is 1. The van der Waals surface area contributed by atoms with Gasteiger partial charge in [0.2, 0.25) is 0 Å². The van der Waals surface area contributed by atoms with Crippen LogP contribution >= 0.6 is 0 Å². The van der Waals surface area contributed by atoms with E-state index in [1.54, 1.807) is 12.1 Å². The minimum atomic E-state index is -0.0684. The normalized spacial score (nSPS) is 11.4. The molecule has 0 fully saturated rings.